The SMILES string of the molecule is CN1C(=O)[C@]2(Cl)C[C@@H]3C(=CC[C@@H]4C(=O)N(N(C)c5nc(C(F)(F)F)ccc5Cl)C(=O)[C@@H]43)[C@H](c3cccc(F)c3O)[C@]2(Cl)C1=O. The third kappa shape index (κ3) is 3.87. The second-order valence-corrected chi connectivity index (χ2v) is 12.8. The lowest BCUT2D eigenvalue weighted by Gasteiger charge is -2.50. The lowest BCUT2D eigenvalue weighted by molar-refractivity contribution is -0.141. The predicted octanol–water partition coefficient (Wildman–Crippen LogP) is 4.64. The molecule has 6 rings (SSSR count). The molecule has 1 N–H and O–H groups in total. The van der Waals surface area contributed by atoms with Gasteiger partial charge in [0, 0.05) is 25.6 Å². The van der Waals surface area contributed by atoms with Gasteiger partial charge in [0.15, 0.2) is 27.1 Å². The van der Waals surface area contributed by atoms with Gasteiger partial charge >= 0.3 is 6.18 Å². The Bertz CT molecular complexity index is 1710. The number of nitrogens with zero attached hydrogens (tertiary/aromatic N) is 4. The molecule has 2 aromatic rings. The van der Waals surface area contributed by atoms with Crippen molar-refractivity contribution in [3.63, 3.8) is 0 Å². The van der Waals surface area contributed by atoms with Gasteiger partial charge in [-0.2, -0.15) is 18.2 Å². The summed E-state index contributed by atoms with van der Waals surface area (Å²) in [6, 6.07) is 5.16. The Hall–Kier alpha value is -3.42. The highest BCUT2D eigenvalue weighted by Gasteiger charge is 2.76. The van der Waals surface area contributed by atoms with Crippen molar-refractivity contribution >= 4 is 64.2 Å². The molecule has 44 heavy (non-hydrogen) atoms. The number of allylic oxidation sites excluding steroid dienone is 2. The second-order valence-electron chi connectivity index (χ2n) is 11.2. The molecule has 2 saturated heterocycles. The number of para-hydroxylation sites is 1. The zero-order chi connectivity index (χ0) is 32.3. The van der Waals surface area contributed by atoms with E-state index < -0.39 is 86.3 Å². The normalized spacial score (nSPS) is 31.6. The van der Waals surface area contributed by atoms with Crippen LogP contribution >= 0.6 is 34.8 Å². The quantitative estimate of drug-likeness (QED) is 0.219. The summed E-state index contributed by atoms with van der Waals surface area (Å²) in [5.41, 5.74) is -1.16. The van der Waals surface area contributed by atoms with Crippen molar-refractivity contribution in [1.29, 1.82) is 0 Å². The van der Waals surface area contributed by atoms with E-state index in [1.165, 1.54) is 19.2 Å². The smallest absolute Gasteiger partial charge is 0.433 e. The zero-order valence-corrected chi connectivity index (χ0v) is 25.0. The van der Waals surface area contributed by atoms with Crippen LogP contribution in [-0.4, -0.2) is 67.5 Å². The van der Waals surface area contributed by atoms with Gasteiger partial charge in [0.2, 0.25) is 0 Å². The van der Waals surface area contributed by atoms with E-state index in [-0.39, 0.29) is 29.0 Å². The Morgan fingerprint density at radius 3 is 2.39 bits per heavy atom. The molecule has 6 atom stereocenters. The summed E-state index contributed by atoms with van der Waals surface area (Å²) in [6.07, 6.45) is -3.75. The molecular formula is C28H21Cl3F4N4O5. The lowest BCUT2D eigenvalue weighted by atomic mass is 9.56. The number of hydrogen-bond acceptors (Lipinski definition) is 7. The van der Waals surface area contributed by atoms with Gasteiger partial charge in [0.25, 0.3) is 23.6 Å². The maximum absolute atomic E-state index is 14.6. The number of rotatable bonds is 3. The average molecular weight is 676 g/mol. The van der Waals surface area contributed by atoms with Crippen LogP contribution in [0.4, 0.5) is 23.4 Å². The van der Waals surface area contributed by atoms with Crippen molar-refractivity contribution in [2.45, 2.75) is 34.7 Å². The molecule has 4 aliphatic rings. The van der Waals surface area contributed by atoms with Gasteiger partial charge < -0.3 is 5.11 Å². The minimum Gasteiger partial charge on any atom is -0.505 e. The number of fused-ring (bicyclic) bond motifs is 4. The Morgan fingerprint density at radius 1 is 1.05 bits per heavy atom. The molecule has 0 spiro atoms. The maximum Gasteiger partial charge on any atom is 0.433 e. The summed E-state index contributed by atoms with van der Waals surface area (Å²) in [6.45, 7) is 0. The monoisotopic (exact) mass is 674 g/mol. The number of imide groups is 2. The van der Waals surface area contributed by atoms with Crippen LogP contribution in [0, 0.1) is 23.6 Å². The van der Waals surface area contributed by atoms with Gasteiger partial charge in [0.1, 0.15) is 5.69 Å². The molecule has 1 aromatic carbocycles. The molecule has 232 valence electrons. The number of carbonyl (C=O) groups is 4. The van der Waals surface area contributed by atoms with Crippen LogP contribution in [0.2, 0.25) is 5.02 Å². The lowest BCUT2D eigenvalue weighted by Crippen LogP contribution is -2.60. The number of aromatic hydroxyl groups is 1. The van der Waals surface area contributed by atoms with Gasteiger partial charge in [-0.3, -0.25) is 29.1 Å². The Balaban J connectivity index is 1.47. The van der Waals surface area contributed by atoms with Crippen LogP contribution < -0.4 is 5.01 Å². The fourth-order valence-electron chi connectivity index (χ4n) is 7.04. The van der Waals surface area contributed by atoms with Gasteiger partial charge in [0.05, 0.1) is 16.9 Å². The summed E-state index contributed by atoms with van der Waals surface area (Å²) < 4.78 is 54.9. The number of halogens is 7. The van der Waals surface area contributed by atoms with E-state index in [0.29, 0.717) is 11.1 Å². The van der Waals surface area contributed by atoms with Gasteiger partial charge in [-0.1, -0.05) is 35.4 Å². The van der Waals surface area contributed by atoms with E-state index >= 15 is 0 Å². The number of amides is 4. The van der Waals surface area contributed by atoms with Crippen molar-refractivity contribution in [3.8, 4) is 5.75 Å². The van der Waals surface area contributed by atoms with E-state index in [9.17, 15) is 41.8 Å². The molecule has 2 aliphatic carbocycles. The predicted molar refractivity (Wildman–Crippen MR) is 148 cm³/mol. The molecule has 0 radical (unpaired) electrons. The van der Waals surface area contributed by atoms with Crippen molar-refractivity contribution < 1.29 is 41.8 Å². The van der Waals surface area contributed by atoms with Gasteiger partial charge in [-0.15, -0.1) is 23.2 Å². The van der Waals surface area contributed by atoms with E-state index in [4.69, 9.17) is 34.8 Å². The maximum atomic E-state index is 14.6. The van der Waals surface area contributed by atoms with Crippen LogP contribution in [0.3, 0.4) is 0 Å². The van der Waals surface area contributed by atoms with E-state index in [2.05, 4.69) is 4.98 Å². The number of pyridine rings is 1. The molecule has 1 aromatic heterocycles. The fourth-order valence-corrected chi connectivity index (χ4v) is 8.28. The molecule has 2 aliphatic heterocycles. The zero-order valence-electron chi connectivity index (χ0n) is 22.7. The number of benzene rings is 1. The average Bonchev–Trinajstić information content (AvgIpc) is 3.29. The minimum atomic E-state index is -4.84. The number of likely N-dealkylation sites (tertiary alicyclic amines) is 1. The van der Waals surface area contributed by atoms with Crippen LogP contribution in [0.15, 0.2) is 42.0 Å². The van der Waals surface area contributed by atoms with Gasteiger partial charge in [-0.05, 0) is 37.0 Å². The third-order valence-electron chi connectivity index (χ3n) is 9.04. The Kier molecular flexibility index (Phi) is 6.81. The number of phenolic OH excluding ortho intramolecular Hbond substituents is 1. The molecule has 1 saturated carbocycles. The highest BCUT2D eigenvalue weighted by Crippen LogP contribution is 2.66. The summed E-state index contributed by atoms with van der Waals surface area (Å²) in [7, 11) is 2.33. The van der Waals surface area contributed by atoms with Crippen LogP contribution in [-0.2, 0) is 25.4 Å². The van der Waals surface area contributed by atoms with E-state index in [1.54, 1.807) is 6.08 Å². The first-order chi connectivity index (χ1) is 20.5. The third-order valence-corrected chi connectivity index (χ3v) is 10.8. The summed E-state index contributed by atoms with van der Waals surface area (Å²) >= 11 is 20.1. The topological polar surface area (TPSA) is 111 Å². The first-order valence-corrected chi connectivity index (χ1v) is 14.3. The number of anilines is 1. The molecule has 3 fully saturated rings. The standard InChI is InChI=1S/C28H21Cl3F4N4O5/c1-37-24(43)26(30)10-14-11(19(27(26,31)25(37)44)13-4-3-5-16(32)20(13)40)6-7-12-18(14)23(42)39(22(12)41)38(2)21-15(29)8-9-17(36-21)28(33,34)35/h3-6,8-9,12,14,18-19,40H,7,10H2,1-2H3/t12-,14+,18-,19+,26+,27-/m0/s1. The van der Waals surface area contributed by atoms with E-state index in [0.717, 1.165) is 29.1 Å². The first kappa shape index (κ1) is 30.6. The molecular weight excluding hydrogens is 655 g/mol. The molecule has 9 nitrogen and oxygen atoms in total. The van der Waals surface area contributed by atoms with Crippen molar-refractivity contribution in [3.05, 3.63) is 64.1 Å². The molecule has 4 amide bonds. The van der Waals surface area contributed by atoms with Crippen molar-refractivity contribution in [2.75, 3.05) is 19.1 Å². The second kappa shape index (κ2) is 9.79. The first-order valence-electron chi connectivity index (χ1n) is 13.2. The number of hydrazine groups is 1. The van der Waals surface area contributed by atoms with Crippen LogP contribution in [0.5, 0.6) is 5.75 Å². The molecule has 3 heterocycles. The van der Waals surface area contributed by atoms with Crippen LogP contribution in [0.1, 0.15) is 30.0 Å². The van der Waals surface area contributed by atoms with Gasteiger partial charge in [-0.25, -0.2) is 9.37 Å². The van der Waals surface area contributed by atoms with E-state index in [1.807, 2.05) is 0 Å². The van der Waals surface area contributed by atoms with Crippen LogP contribution in [0.25, 0.3) is 0 Å². The Morgan fingerprint density at radius 2 is 1.73 bits per heavy atom. The van der Waals surface area contributed by atoms with Crippen molar-refractivity contribution in [1.82, 2.24) is 14.9 Å². The molecule has 0 unspecified atom stereocenters. The highest BCUT2D eigenvalue weighted by molar-refractivity contribution is 6.53. The van der Waals surface area contributed by atoms with Crippen molar-refractivity contribution in [2.24, 2.45) is 17.8 Å². The minimum absolute atomic E-state index is 0.0814. The number of aromatic nitrogens is 1. The summed E-state index contributed by atoms with van der Waals surface area (Å²) in [5.74, 6) is -10.4. The largest absolute Gasteiger partial charge is 0.505 e. The summed E-state index contributed by atoms with van der Waals surface area (Å²) in [4.78, 5) is 54.6. The molecule has 16 heteroatoms. The Labute approximate surface area is 261 Å². The highest BCUT2D eigenvalue weighted by atomic mass is 35.5. The number of phenols is 1. The molecule has 0 bridgehead atoms. The summed E-state index contributed by atoms with van der Waals surface area (Å²) in [5, 5.41) is 12.0. The fraction of sp³-hybridized carbons (Fsp3) is 0.393. The number of carbonyl (C=O) groups excluding carboxylic acids is 4. The number of alkyl halides is 5. The number of hydrogen-bond donors (Lipinski definition) is 1.